The number of rotatable bonds is 6. The quantitative estimate of drug-likeness (QED) is 0.335. The van der Waals surface area contributed by atoms with Gasteiger partial charge in [0.25, 0.3) is 0 Å². The largest absolute Gasteiger partial charge is 0.497 e. The lowest BCUT2D eigenvalue weighted by Crippen LogP contribution is -2.43. The zero-order chi connectivity index (χ0) is 28.5. The molecule has 1 aliphatic rings. The van der Waals surface area contributed by atoms with E-state index >= 15 is 0 Å². The molecule has 3 aromatic carbocycles. The van der Waals surface area contributed by atoms with Crippen molar-refractivity contribution in [2.45, 2.75) is 44.8 Å². The number of carbonyl (C=O) groups is 3. The molecule has 8 nitrogen and oxygen atoms in total. The molecule has 0 fully saturated rings. The minimum atomic E-state index is -1.52. The SMILES string of the molecule is COc1ccc(C2(c3ccc(OC(=O)[C@H](C)NC(=O)OC(C)(C)C)cc3)C(=O)Nc3c2ccc(F)c3F)cc1. The summed E-state index contributed by atoms with van der Waals surface area (Å²) in [6, 6.07) is 14.1. The number of alkyl carbamates (subject to hydrolysis) is 1. The summed E-state index contributed by atoms with van der Waals surface area (Å²) in [6.07, 6.45) is -0.765. The van der Waals surface area contributed by atoms with E-state index in [9.17, 15) is 23.2 Å². The third kappa shape index (κ3) is 5.27. The Kier molecular flexibility index (Phi) is 7.32. The third-order valence-electron chi connectivity index (χ3n) is 6.19. The van der Waals surface area contributed by atoms with E-state index in [-0.39, 0.29) is 17.0 Å². The van der Waals surface area contributed by atoms with Crippen molar-refractivity contribution in [1.82, 2.24) is 5.32 Å². The van der Waals surface area contributed by atoms with Gasteiger partial charge in [0.1, 0.15) is 28.6 Å². The Morgan fingerprint density at radius 1 is 0.923 bits per heavy atom. The van der Waals surface area contributed by atoms with Gasteiger partial charge in [-0.3, -0.25) is 4.79 Å². The van der Waals surface area contributed by atoms with Crippen LogP contribution < -0.4 is 20.1 Å². The van der Waals surface area contributed by atoms with Crippen molar-refractivity contribution in [3.05, 3.63) is 89.0 Å². The molecule has 4 rings (SSSR count). The molecule has 1 heterocycles. The van der Waals surface area contributed by atoms with Crippen LogP contribution in [0.3, 0.4) is 0 Å². The van der Waals surface area contributed by atoms with Crippen LogP contribution in [-0.4, -0.2) is 36.7 Å². The van der Waals surface area contributed by atoms with Gasteiger partial charge in [-0.05, 0) is 69.2 Å². The lowest BCUT2D eigenvalue weighted by molar-refractivity contribution is -0.136. The van der Waals surface area contributed by atoms with E-state index in [1.165, 1.54) is 32.2 Å². The molecule has 39 heavy (non-hydrogen) atoms. The van der Waals surface area contributed by atoms with Crippen LogP contribution >= 0.6 is 0 Å². The van der Waals surface area contributed by atoms with Crippen molar-refractivity contribution < 1.29 is 37.4 Å². The van der Waals surface area contributed by atoms with Gasteiger partial charge in [-0.2, -0.15) is 0 Å². The molecule has 10 heteroatoms. The molecule has 0 aliphatic carbocycles. The molecule has 0 aromatic heterocycles. The monoisotopic (exact) mass is 538 g/mol. The van der Waals surface area contributed by atoms with Crippen molar-refractivity contribution in [1.29, 1.82) is 0 Å². The Labute approximate surface area is 224 Å². The minimum Gasteiger partial charge on any atom is -0.497 e. The first-order valence-corrected chi connectivity index (χ1v) is 12.1. The highest BCUT2D eigenvalue weighted by Gasteiger charge is 2.51. The van der Waals surface area contributed by atoms with Crippen molar-refractivity contribution in [2.75, 3.05) is 12.4 Å². The summed E-state index contributed by atoms with van der Waals surface area (Å²) < 4.78 is 44.5. The van der Waals surface area contributed by atoms with Crippen LogP contribution in [-0.2, 0) is 19.7 Å². The van der Waals surface area contributed by atoms with Crippen molar-refractivity contribution in [2.24, 2.45) is 0 Å². The zero-order valence-electron chi connectivity index (χ0n) is 22.1. The fourth-order valence-corrected chi connectivity index (χ4v) is 4.42. The number of benzene rings is 3. The van der Waals surface area contributed by atoms with Crippen LogP contribution in [0.25, 0.3) is 0 Å². The predicted octanol–water partition coefficient (Wildman–Crippen LogP) is 5.08. The number of esters is 1. The van der Waals surface area contributed by atoms with Gasteiger partial charge in [0.15, 0.2) is 11.6 Å². The highest BCUT2D eigenvalue weighted by Crippen LogP contribution is 2.49. The summed E-state index contributed by atoms with van der Waals surface area (Å²) in [5, 5.41) is 4.91. The number of hydrogen-bond donors (Lipinski definition) is 2. The number of nitrogens with one attached hydrogen (secondary N) is 2. The number of carbonyl (C=O) groups excluding carboxylic acids is 3. The molecule has 0 saturated heterocycles. The number of halogens is 2. The van der Waals surface area contributed by atoms with E-state index in [1.807, 2.05) is 0 Å². The van der Waals surface area contributed by atoms with Gasteiger partial charge in [-0.15, -0.1) is 0 Å². The lowest BCUT2D eigenvalue weighted by Gasteiger charge is -2.29. The molecule has 1 aliphatic heterocycles. The molecular weight excluding hydrogens is 510 g/mol. The van der Waals surface area contributed by atoms with Crippen molar-refractivity contribution >= 4 is 23.7 Å². The highest BCUT2D eigenvalue weighted by molar-refractivity contribution is 6.11. The highest BCUT2D eigenvalue weighted by atomic mass is 19.2. The van der Waals surface area contributed by atoms with Gasteiger partial charge in [0.05, 0.1) is 12.8 Å². The Morgan fingerprint density at radius 3 is 2.03 bits per heavy atom. The Morgan fingerprint density at radius 2 is 1.49 bits per heavy atom. The van der Waals surface area contributed by atoms with Crippen LogP contribution in [0.5, 0.6) is 11.5 Å². The van der Waals surface area contributed by atoms with Gasteiger partial charge < -0.3 is 24.8 Å². The summed E-state index contributed by atoms with van der Waals surface area (Å²) in [5.41, 5.74) is -1.35. The van der Waals surface area contributed by atoms with Gasteiger partial charge in [0, 0.05) is 5.56 Å². The first-order chi connectivity index (χ1) is 18.4. The predicted molar refractivity (Wildman–Crippen MR) is 139 cm³/mol. The first-order valence-electron chi connectivity index (χ1n) is 12.1. The molecule has 0 spiro atoms. The van der Waals surface area contributed by atoms with E-state index < -0.39 is 46.7 Å². The molecule has 2 atom stereocenters. The summed E-state index contributed by atoms with van der Waals surface area (Å²) in [5.74, 6) is -2.86. The number of fused-ring (bicyclic) bond motifs is 1. The average Bonchev–Trinajstić information content (AvgIpc) is 3.18. The fourth-order valence-electron chi connectivity index (χ4n) is 4.42. The van der Waals surface area contributed by atoms with Crippen LogP contribution in [0.2, 0.25) is 0 Å². The van der Waals surface area contributed by atoms with Gasteiger partial charge >= 0.3 is 12.1 Å². The zero-order valence-corrected chi connectivity index (χ0v) is 22.1. The maximum absolute atomic E-state index is 14.7. The van der Waals surface area contributed by atoms with Crippen LogP contribution in [0.15, 0.2) is 60.7 Å². The summed E-state index contributed by atoms with van der Waals surface area (Å²) in [6.45, 7) is 6.55. The second kappa shape index (κ2) is 10.4. The first kappa shape index (κ1) is 27.6. The normalized spacial score (nSPS) is 17.1. The molecule has 2 N–H and O–H groups in total. The average molecular weight is 539 g/mol. The lowest BCUT2D eigenvalue weighted by atomic mass is 9.70. The second-order valence-corrected chi connectivity index (χ2v) is 10.0. The molecule has 0 bridgehead atoms. The number of methoxy groups -OCH3 is 1. The Balaban J connectivity index is 1.67. The molecule has 0 saturated carbocycles. The van der Waals surface area contributed by atoms with Gasteiger partial charge in [0.2, 0.25) is 5.91 Å². The van der Waals surface area contributed by atoms with Crippen LogP contribution in [0.1, 0.15) is 44.4 Å². The Hall–Kier alpha value is -4.47. The molecule has 3 aromatic rings. The van der Waals surface area contributed by atoms with Gasteiger partial charge in [-0.1, -0.05) is 30.3 Å². The topological polar surface area (TPSA) is 103 Å². The number of hydrogen-bond acceptors (Lipinski definition) is 6. The summed E-state index contributed by atoms with van der Waals surface area (Å²) in [4.78, 5) is 38.1. The van der Waals surface area contributed by atoms with E-state index in [1.54, 1.807) is 57.2 Å². The van der Waals surface area contributed by atoms with Crippen LogP contribution in [0.4, 0.5) is 19.3 Å². The summed E-state index contributed by atoms with van der Waals surface area (Å²) in [7, 11) is 1.50. The van der Waals surface area contributed by atoms with Crippen LogP contribution in [0, 0.1) is 11.6 Å². The summed E-state index contributed by atoms with van der Waals surface area (Å²) >= 11 is 0. The molecule has 2 amide bonds. The van der Waals surface area contributed by atoms with E-state index in [2.05, 4.69) is 10.6 Å². The number of ether oxygens (including phenoxy) is 3. The van der Waals surface area contributed by atoms with Gasteiger partial charge in [-0.25, -0.2) is 18.4 Å². The maximum Gasteiger partial charge on any atom is 0.408 e. The van der Waals surface area contributed by atoms with Crippen molar-refractivity contribution in [3.8, 4) is 11.5 Å². The smallest absolute Gasteiger partial charge is 0.408 e. The molecule has 204 valence electrons. The second-order valence-electron chi connectivity index (χ2n) is 10.0. The number of amides is 2. The maximum atomic E-state index is 14.7. The fraction of sp³-hybridized carbons (Fsp3) is 0.276. The molecular formula is C29H28F2N2O6. The van der Waals surface area contributed by atoms with E-state index in [0.717, 1.165) is 6.07 Å². The molecule has 1 unspecified atom stereocenters. The molecule has 0 radical (unpaired) electrons. The number of anilines is 1. The minimum absolute atomic E-state index is 0.149. The van der Waals surface area contributed by atoms with E-state index in [0.29, 0.717) is 16.9 Å². The standard InChI is InChI=1S/C29H28F2N2O6/c1-16(32-27(36)39-28(2,3)4)25(34)38-20-12-8-18(9-13-20)29(17-6-10-19(37-5)11-7-17)21-14-15-22(30)23(31)24(21)33-26(29)35/h6-16H,1-5H3,(H,32,36)(H,33,35)/t16-,29?/m0/s1. The Bertz CT molecular complexity index is 1420. The third-order valence-corrected chi connectivity index (χ3v) is 6.19. The van der Waals surface area contributed by atoms with E-state index in [4.69, 9.17) is 14.2 Å². The van der Waals surface area contributed by atoms with Crippen molar-refractivity contribution in [3.63, 3.8) is 0 Å².